The predicted octanol–water partition coefficient (Wildman–Crippen LogP) is 3.27. The summed E-state index contributed by atoms with van der Waals surface area (Å²) in [5.74, 6) is 0.398. The maximum atomic E-state index is 9.54. The number of hydrogen-bond donors (Lipinski definition) is 1. The Balaban J connectivity index is 0. The van der Waals surface area contributed by atoms with E-state index in [4.69, 9.17) is 4.74 Å². The second-order valence-corrected chi connectivity index (χ2v) is 5.44. The van der Waals surface area contributed by atoms with Crippen LogP contribution in [0.4, 0.5) is 0 Å². The van der Waals surface area contributed by atoms with E-state index in [2.05, 4.69) is 55.9 Å². The Bertz CT molecular complexity index is 215. The molecule has 0 saturated carbocycles. The van der Waals surface area contributed by atoms with Crippen molar-refractivity contribution in [2.45, 2.75) is 46.1 Å². The first-order chi connectivity index (χ1) is 7.75. The second kappa shape index (κ2) is 10.8. The molecule has 0 unspecified atom stereocenters. The summed E-state index contributed by atoms with van der Waals surface area (Å²) in [5, 5.41) is 0.257. The minimum Gasteiger partial charge on any atom is -0.375 e. The lowest BCUT2D eigenvalue weighted by molar-refractivity contribution is -0.115. The third-order valence-electron chi connectivity index (χ3n) is 1.96. The summed E-state index contributed by atoms with van der Waals surface area (Å²) in [6, 6.07) is 0. The first-order valence-corrected chi connectivity index (χ1v) is 6.96. The molecular formula is C13H26BrNO2. The van der Waals surface area contributed by atoms with Crippen LogP contribution in [0.5, 0.6) is 0 Å². The van der Waals surface area contributed by atoms with Gasteiger partial charge in [0.1, 0.15) is 0 Å². The van der Waals surface area contributed by atoms with Crippen molar-refractivity contribution in [2.75, 3.05) is 11.9 Å². The highest BCUT2D eigenvalue weighted by atomic mass is 79.9. The molecule has 0 saturated heterocycles. The molecule has 2 N–H and O–H groups in total. The van der Waals surface area contributed by atoms with Crippen molar-refractivity contribution in [1.82, 2.24) is 0 Å². The van der Waals surface area contributed by atoms with Gasteiger partial charge in [-0.1, -0.05) is 35.9 Å². The fourth-order valence-electron chi connectivity index (χ4n) is 0.977. The van der Waals surface area contributed by atoms with Crippen molar-refractivity contribution in [3.8, 4) is 0 Å². The van der Waals surface area contributed by atoms with E-state index in [1.165, 1.54) is 0 Å². The molecule has 3 nitrogen and oxygen atoms in total. The third kappa shape index (κ3) is 18.2. The van der Waals surface area contributed by atoms with Crippen LogP contribution >= 0.6 is 15.9 Å². The molecule has 0 aliphatic carbocycles. The SMILES string of the molecule is C=CCC(C)(C)OCCC(C)C.NC(=O)CBr. The van der Waals surface area contributed by atoms with Crippen LogP contribution in [0.25, 0.3) is 0 Å². The lowest BCUT2D eigenvalue weighted by Gasteiger charge is -2.24. The fourth-order valence-corrected chi connectivity index (χ4v) is 0.977. The molecule has 0 radical (unpaired) electrons. The normalized spacial score (nSPS) is 10.7. The molecule has 0 fully saturated rings. The van der Waals surface area contributed by atoms with Crippen LogP contribution < -0.4 is 5.73 Å². The van der Waals surface area contributed by atoms with Crippen LogP contribution in [0.2, 0.25) is 0 Å². The standard InChI is InChI=1S/C11H22O.C2H4BrNO/c1-6-8-11(4,5)12-9-7-10(2)3;3-1-2(4)5/h6,10H,1,7-9H2,2-5H3;1H2,(H2,4,5). The van der Waals surface area contributed by atoms with Gasteiger partial charge < -0.3 is 10.5 Å². The van der Waals surface area contributed by atoms with Crippen LogP contribution in [0, 0.1) is 5.92 Å². The minimum absolute atomic E-state index is 0.0311. The first kappa shape index (κ1) is 19.0. The average molecular weight is 308 g/mol. The molecule has 0 aliphatic rings. The molecule has 1 amide bonds. The second-order valence-electron chi connectivity index (χ2n) is 4.88. The first-order valence-electron chi connectivity index (χ1n) is 5.84. The molecule has 0 spiro atoms. The molecule has 0 aliphatic heterocycles. The lowest BCUT2D eigenvalue weighted by Crippen LogP contribution is -2.24. The van der Waals surface area contributed by atoms with Gasteiger partial charge >= 0.3 is 0 Å². The smallest absolute Gasteiger partial charge is 0.228 e. The van der Waals surface area contributed by atoms with Crippen LogP contribution in [-0.2, 0) is 9.53 Å². The molecule has 0 heterocycles. The molecule has 0 bridgehead atoms. The van der Waals surface area contributed by atoms with Gasteiger partial charge in [0.15, 0.2) is 0 Å². The number of nitrogens with two attached hydrogens (primary N) is 1. The van der Waals surface area contributed by atoms with Gasteiger partial charge in [0.2, 0.25) is 5.91 Å². The van der Waals surface area contributed by atoms with Crippen molar-refractivity contribution in [2.24, 2.45) is 11.7 Å². The molecular weight excluding hydrogens is 282 g/mol. The Hall–Kier alpha value is -0.350. The molecule has 4 heteroatoms. The largest absolute Gasteiger partial charge is 0.375 e. The number of ether oxygens (including phenoxy) is 1. The van der Waals surface area contributed by atoms with Crippen molar-refractivity contribution in [3.05, 3.63) is 12.7 Å². The summed E-state index contributed by atoms with van der Waals surface area (Å²) in [6.07, 6.45) is 3.97. The average Bonchev–Trinajstić information content (AvgIpc) is 2.17. The number of rotatable bonds is 7. The quantitative estimate of drug-likeness (QED) is 0.580. The lowest BCUT2D eigenvalue weighted by atomic mass is 10.1. The summed E-state index contributed by atoms with van der Waals surface area (Å²) in [4.78, 5) is 9.54. The van der Waals surface area contributed by atoms with Gasteiger partial charge in [-0.3, -0.25) is 4.79 Å². The van der Waals surface area contributed by atoms with Crippen molar-refractivity contribution < 1.29 is 9.53 Å². The Labute approximate surface area is 114 Å². The topological polar surface area (TPSA) is 52.3 Å². The summed E-state index contributed by atoms with van der Waals surface area (Å²) in [7, 11) is 0. The number of halogens is 1. The van der Waals surface area contributed by atoms with Gasteiger partial charge in [0, 0.05) is 6.61 Å². The number of carbonyl (C=O) groups is 1. The number of carbonyl (C=O) groups excluding carboxylic acids is 1. The third-order valence-corrected chi connectivity index (χ3v) is 2.51. The van der Waals surface area contributed by atoms with Gasteiger partial charge in [-0.2, -0.15) is 0 Å². The van der Waals surface area contributed by atoms with Crippen molar-refractivity contribution >= 4 is 21.8 Å². The van der Waals surface area contributed by atoms with Crippen LogP contribution in [0.15, 0.2) is 12.7 Å². The van der Waals surface area contributed by atoms with E-state index in [9.17, 15) is 4.79 Å². The number of primary amides is 1. The molecule has 0 aromatic heterocycles. The zero-order valence-electron chi connectivity index (χ0n) is 11.5. The Kier molecular flexibility index (Phi) is 12.1. The zero-order valence-corrected chi connectivity index (χ0v) is 13.0. The van der Waals surface area contributed by atoms with E-state index in [1.54, 1.807) is 0 Å². The number of alkyl halides is 1. The molecule has 0 rings (SSSR count). The highest BCUT2D eigenvalue weighted by molar-refractivity contribution is 9.09. The van der Waals surface area contributed by atoms with E-state index in [-0.39, 0.29) is 16.8 Å². The van der Waals surface area contributed by atoms with E-state index in [0.717, 1.165) is 25.4 Å². The Morgan fingerprint density at radius 1 is 1.53 bits per heavy atom. The zero-order chi connectivity index (χ0) is 13.9. The maximum absolute atomic E-state index is 9.54. The highest BCUT2D eigenvalue weighted by Gasteiger charge is 2.15. The van der Waals surface area contributed by atoms with Gasteiger partial charge in [0.05, 0.1) is 10.9 Å². The maximum Gasteiger partial charge on any atom is 0.228 e. The van der Waals surface area contributed by atoms with Gasteiger partial charge in [-0.25, -0.2) is 0 Å². The summed E-state index contributed by atoms with van der Waals surface area (Å²) >= 11 is 2.84. The molecule has 0 aromatic rings. The van der Waals surface area contributed by atoms with E-state index >= 15 is 0 Å². The number of amides is 1. The van der Waals surface area contributed by atoms with Gasteiger partial charge in [-0.05, 0) is 32.6 Å². The molecule has 17 heavy (non-hydrogen) atoms. The fraction of sp³-hybridized carbons (Fsp3) is 0.769. The predicted molar refractivity (Wildman–Crippen MR) is 77.3 cm³/mol. The summed E-state index contributed by atoms with van der Waals surface area (Å²) < 4.78 is 5.71. The van der Waals surface area contributed by atoms with Gasteiger partial charge in [0.25, 0.3) is 0 Å². The Morgan fingerprint density at radius 3 is 2.29 bits per heavy atom. The highest BCUT2D eigenvalue weighted by Crippen LogP contribution is 2.15. The van der Waals surface area contributed by atoms with E-state index in [0.29, 0.717) is 0 Å². The number of hydrogen-bond acceptors (Lipinski definition) is 2. The van der Waals surface area contributed by atoms with Gasteiger partial charge in [-0.15, -0.1) is 6.58 Å². The monoisotopic (exact) mass is 307 g/mol. The van der Waals surface area contributed by atoms with Crippen LogP contribution in [0.1, 0.15) is 40.5 Å². The summed E-state index contributed by atoms with van der Waals surface area (Å²) in [5.41, 5.74) is 4.57. The van der Waals surface area contributed by atoms with Crippen LogP contribution in [-0.4, -0.2) is 23.4 Å². The summed E-state index contributed by atoms with van der Waals surface area (Å²) in [6.45, 7) is 13.2. The van der Waals surface area contributed by atoms with E-state index in [1.807, 2.05) is 6.08 Å². The Morgan fingerprint density at radius 2 is 2.00 bits per heavy atom. The molecule has 0 atom stereocenters. The molecule has 0 aromatic carbocycles. The molecule has 102 valence electrons. The van der Waals surface area contributed by atoms with Crippen LogP contribution in [0.3, 0.4) is 0 Å². The minimum atomic E-state index is -0.329. The van der Waals surface area contributed by atoms with E-state index < -0.39 is 0 Å². The van der Waals surface area contributed by atoms with Crippen molar-refractivity contribution in [1.29, 1.82) is 0 Å². The van der Waals surface area contributed by atoms with Crippen molar-refractivity contribution in [3.63, 3.8) is 0 Å².